The van der Waals surface area contributed by atoms with Crippen molar-refractivity contribution in [2.45, 2.75) is 52.1 Å². The maximum Gasteiger partial charge on any atom is 0.130 e. The lowest BCUT2D eigenvalue weighted by Gasteiger charge is -2.38. The molecule has 1 aliphatic rings. The molecule has 0 saturated heterocycles. The van der Waals surface area contributed by atoms with Gasteiger partial charge in [0, 0.05) is 29.4 Å². The van der Waals surface area contributed by atoms with Crippen molar-refractivity contribution in [2.75, 3.05) is 7.05 Å². The van der Waals surface area contributed by atoms with E-state index in [1.807, 2.05) is 0 Å². The van der Waals surface area contributed by atoms with Crippen LogP contribution in [0.3, 0.4) is 0 Å². The summed E-state index contributed by atoms with van der Waals surface area (Å²) in [6.45, 7) is 5.57. The molecule has 106 valence electrons. The van der Waals surface area contributed by atoms with Gasteiger partial charge in [-0.25, -0.2) is 4.98 Å². The quantitative estimate of drug-likeness (QED) is 0.746. The lowest BCUT2D eigenvalue weighted by molar-refractivity contribution is 0.123. The summed E-state index contributed by atoms with van der Waals surface area (Å²) in [5.41, 5.74) is 1.56. The van der Waals surface area contributed by atoms with Crippen molar-refractivity contribution in [2.24, 2.45) is 5.41 Å². The Hall–Kier alpha value is -0.310. The first-order chi connectivity index (χ1) is 8.87. The molecular weight excluding hydrogens is 279 g/mol. The maximum absolute atomic E-state index is 6.21. The molecule has 1 aromatic rings. The van der Waals surface area contributed by atoms with Crippen LogP contribution in [-0.2, 0) is 6.54 Å². The van der Waals surface area contributed by atoms with Crippen molar-refractivity contribution in [1.82, 2.24) is 9.88 Å². The molecule has 1 aliphatic carbocycles. The van der Waals surface area contributed by atoms with E-state index in [-0.39, 0.29) is 0 Å². The molecule has 1 fully saturated rings. The van der Waals surface area contributed by atoms with E-state index in [4.69, 9.17) is 23.2 Å². The maximum atomic E-state index is 6.21. The minimum Gasteiger partial charge on any atom is -0.299 e. The number of pyridine rings is 1. The van der Waals surface area contributed by atoms with E-state index >= 15 is 0 Å². The summed E-state index contributed by atoms with van der Waals surface area (Å²) in [6, 6.07) is 2.37. The Kier molecular flexibility index (Phi) is 4.75. The summed E-state index contributed by atoms with van der Waals surface area (Å²) >= 11 is 12.0. The molecule has 2 nitrogen and oxygen atoms in total. The Morgan fingerprint density at radius 3 is 2.53 bits per heavy atom. The van der Waals surface area contributed by atoms with Crippen LogP contribution >= 0.6 is 23.2 Å². The summed E-state index contributed by atoms with van der Waals surface area (Å²) in [7, 11) is 2.17. The molecule has 1 saturated carbocycles. The van der Waals surface area contributed by atoms with Gasteiger partial charge in [-0.05, 0) is 44.2 Å². The van der Waals surface area contributed by atoms with E-state index in [1.54, 1.807) is 12.3 Å². The normalized spacial score (nSPS) is 19.9. The molecule has 19 heavy (non-hydrogen) atoms. The number of aromatic nitrogens is 1. The molecule has 4 heteroatoms. The van der Waals surface area contributed by atoms with E-state index in [0.717, 1.165) is 12.1 Å². The van der Waals surface area contributed by atoms with Crippen LogP contribution in [0.4, 0.5) is 0 Å². The molecule has 0 spiro atoms. The van der Waals surface area contributed by atoms with E-state index in [2.05, 4.69) is 30.8 Å². The predicted molar refractivity (Wildman–Crippen MR) is 81.8 cm³/mol. The predicted octanol–water partition coefficient (Wildman–Crippen LogP) is 4.79. The van der Waals surface area contributed by atoms with Crippen molar-refractivity contribution in [1.29, 1.82) is 0 Å². The molecule has 0 N–H and O–H groups in total. The van der Waals surface area contributed by atoms with E-state index in [1.165, 1.54) is 25.7 Å². The van der Waals surface area contributed by atoms with Gasteiger partial charge >= 0.3 is 0 Å². The molecule has 0 atom stereocenters. The van der Waals surface area contributed by atoms with Crippen LogP contribution in [0.25, 0.3) is 0 Å². The van der Waals surface area contributed by atoms with Gasteiger partial charge in [-0.3, -0.25) is 4.90 Å². The van der Waals surface area contributed by atoms with Crippen molar-refractivity contribution < 1.29 is 0 Å². The smallest absolute Gasteiger partial charge is 0.130 e. The average Bonchev–Trinajstić information content (AvgIpc) is 2.32. The van der Waals surface area contributed by atoms with Crippen LogP contribution in [0.5, 0.6) is 0 Å². The lowest BCUT2D eigenvalue weighted by Crippen LogP contribution is -2.36. The number of hydrogen-bond donors (Lipinski definition) is 0. The molecule has 1 heterocycles. The summed E-state index contributed by atoms with van der Waals surface area (Å²) in [5.74, 6) is 0. The molecule has 0 unspecified atom stereocenters. The van der Waals surface area contributed by atoms with Crippen molar-refractivity contribution >= 4 is 23.2 Å². The monoisotopic (exact) mass is 300 g/mol. The van der Waals surface area contributed by atoms with Gasteiger partial charge in [-0.15, -0.1) is 0 Å². The average molecular weight is 301 g/mol. The highest BCUT2D eigenvalue weighted by molar-refractivity contribution is 6.34. The van der Waals surface area contributed by atoms with Crippen LogP contribution in [0.15, 0.2) is 12.3 Å². The molecule has 2 rings (SSSR count). The van der Waals surface area contributed by atoms with Gasteiger partial charge < -0.3 is 0 Å². The lowest BCUT2D eigenvalue weighted by atomic mass is 9.75. The van der Waals surface area contributed by atoms with Gasteiger partial charge in [0.1, 0.15) is 5.15 Å². The van der Waals surface area contributed by atoms with Gasteiger partial charge in [0.05, 0.1) is 0 Å². The Morgan fingerprint density at radius 2 is 1.95 bits per heavy atom. The Morgan fingerprint density at radius 1 is 1.32 bits per heavy atom. The minimum absolute atomic E-state index is 0.454. The van der Waals surface area contributed by atoms with Crippen LogP contribution < -0.4 is 0 Å². The van der Waals surface area contributed by atoms with Crippen molar-refractivity contribution in [3.05, 3.63) is 28.0 Å². The van der Waals surface area contributed by atoms with E-state index in [0.29, 0.717) is 21.6 Å². The Labute approximate surface area is 126 Å². The fourth-order valence-electron chi connectivity index (χ4n) is 2.77. The third kappa shape index (κ3) is 4.08. The first-order valence-corrected chi connectivity index (χ1v) is 7.63. The molecule has 0 amide bonds. The molecule has 0 aromatic carbocycles. The van der Waals surface area contributed by atoms with Crippen LogP contribution in [0, 0.1) is 5.41 Å². The Balaban J connectivity index is 1.96. The zero-order valence-electron chi connectivity index (χ0n) is 11.9. The van der Waals surface area contributed by atoms with E-state index < -0.39 is 0 Å². The summed E-state index contributed by atoms with van der Waals surface area (Å²) in [4.78, 5) is 6.51. The Bertz CT molecular complexity index is 436. The van der Waals surface area contributed by atoms with Gasteiger partial charge in [0.15, 0.2) is 0 Å². The first kappa shape index (κ1) is 15.1. The zero-order valence-corrected chi connectivity index (χ0v) is 13.4. The number of hydrogen-bond acceptors (Lipinski definition) is 2. The largest absolute Gasteiger partial charge is 0.299 e. The van der Waals surface area contributed by atoms with Crippen molar-refractivity contribution in [3.8, 4) is 0 Å². The van der Waals surface area contributed by atoms with Gasteiger partial charge in [-0.2, -0.15) is 0 Å². The number of rotatable bonds is 3. The SMILES string of the molecule is CN(Cc1cnc(Cl)cc1Cl)C1CCC(C)(C)CC1. The standard InChI is InChI=1S/C15H22Cl2N2/c1-15(2)6-4-12(5-7-15)19(3)10-11-9-18-14(17)8-13(11)16/h8-9,12H,4-7,10H2,1-3H3. The first-order valence-electron chi connectivity index (χ1n) is 6.87. The summed E-state index contributed by atoms with van der Waals surface area (Å²) < 4.78 is 0. The zero-order chi connectivity index (χ0) is 14.0. The van der Waals surface area contributed by atoms with E-state index in [9.17, 15) is 0 Å². The van der Waals surface area contributed by atoms with Crippen LogP contribution in [0.1, 0.15) is 45.1 Å². The second kappa shape index (κ2) is 5.99. The third-order valence-electron chi connectivity index (χ3n) is 4.25. The molecule has 0 bridgehead atoms. The van der Waals surface area contributed by atoms with Gasteiger partial charge in [0.25, 0.3) is 0 Å². The van der Waals surface area contributed by atoms with Crippen LogP contribution in [-0.4, -0.2) is 23.0 Å². The summed E-state index contributed by atoms with van der Waals surface area (Å²) in [6.07, 6.45) is 6.92. The highest BCUT2D eigenvalue weighted by Crippen LogP contribution is 2.37. The second-order valence-corrected chi connectivity index (χ2v) is 7.20. The molecule has 0 radical (unpaired) electrons. The fourth-order valence-corrected chi connectivity index (χ4v) is 3.20. The van der Waals surface area contributed by atoms with Crippen LogP contribution in [0.2, 0.25) is 10.2 Å². The fraction of sp³-hybridized carbons (Fsp3) is 0.667. The topological polar surface area (TPSA) is 16.1 Å². The van der Waals surface area contributed by atoms with Crippen molar-refractivity contribution in [3.63, 3.8) is 0 Å². The molecule has 0 aliphatic heterocycles. The third-order valence-corrected chi connectivity index (χ3v) is 4.81. The summed E-state index contributed by atoms with van der Waals surface area (Å²) in [5, 5.41) is 1.17. The van der Waals surface area contributed by atoms with Gasteiger partial charge in [0.2, 0.25) is 0 Å². The highest BCUT2D eigenvalue weighted by atomic mass is 35.5. The number of nitrogens with zero attached hydrogens (tertiary/aromatic N) is 2. The molecular formula is C15H22Cl2N2. The second-order valence-electron chi connectivity index (χ2n) is 6.41. The highest BCUT2D eigenvalue weighted by Gasteiger charge is 2.28. The number of halogens is 2. The molecule has 1 aromatic heterocycles. The van der Waals surface area contributed by atoms with Gasteiger partial charge in [-0.1, -0.05) is 37.0 Å². The minimum atomic E-state index is 0.454.